The molecule has 0 saturated heterocycles. The van der Waals surface area contributed by atoms with Gasteiger partial charge in [0.15, 0.2) is 0 Å². The molecule has 0 unspecified atom stereocenters. The van der Waals surface area contributed by atoms with Crippen LogP contribution in [0, 0.1) is 0 Å². The maximum Gasteiger partial charge on any atom is 0.409 e. The van der Waals surface area contributed by atoms with Crippen LogP contribution in [-0.4, -0.2) is 37.4 Å². The first kappa shape index (κ1) is 14.5. The molecule has 0 aromatic rings. The van der Waals surface area contributed by atoms with Crippen molar-refractivity contribution in [3.63, 3.8) is 0 Å². The van der Waals surface area contributed by atoms with Crippen molar-refractivity contribution in [2.75, 3.05) is 6.23 Å². The SMILES string of the molecule is CC(C)N(C(=O)OC[Si](C)(C)C)C(C)C. The lowest BCUT2D eigenvalue weighted by atomic mass is 10.2. The summed E-state index contributed by atoms with van der Waals surface area (Å²) in [6.07, 6.45) is 0.421. The van der Waals surface area contributed by atoms with Crippen molar-refractivity contribution in [2.24, 2.45) is 0 Å². The van der Waals surface area contributed by atoms with Crippen molar-refractivity contribution in [2.45, 2.75) is 59.4 Å². The molecule has 1 amide bonds. The lowest BCUT2D eigenvalue weighted by molar-refractivity contribution is 0.0905. The van der Waals surface area contributed by atoms with E-state index in [0.29, 0.717) is 6.23 Å². The monoisotopic (exact) mass is 231 g/mol. The molecule has 0 aliphatic rings. The number of amides is 1. The van der Waals surface area contributed by atoms with E-state index < -0.39 is 8.07 Å². The smallest absolute Gasteiger partial charge is 0.409 e. The predicted octanol–water partition coefficient (Wildman–Crippen LogP) is 3.12. The van der Waals surface area contributed by atoms with Crippen LogP contribution in [0.15, 0.2) is 0 Å². The van der Waals surface area contributed by atoms with Gasteiger partial charge in [-0.3, -0.25) is 0 Å². The van der Waals surface area contributed by atoms with E-state index in [0.717, 1.165) is 0 Å². The van der Waals surface area contributed by atoms with Crippen LogP contribution in [-0.2, 0) is 4.74 Å². The van der Waals surface area contributed by atoms with Crippen molar-refractivity contribution in [3.05, 3.63) is 0 Å². The highest BCUT2D eigenvalue weighted by molar-refractivity contribution is 6.76. The summed E-state index contributed by atoms with van der Waals surface area (Å²) < 4.78 is 5.34. The third kappa shape index (κ3) is 5.82. The molecule has 0 aromatic carbocycles. The largest absolute Gasteiger partial charge is 0.453 e. The molecule has 15 heavy (non-hydrogen) atoms. The molecule has 0 radical (unpaired) electrons. The molecule has 0 saturated carbocycles. The molecule has 0 rings (SSSR count). The second-order valence-corrected chi connectivity index (χ2v) is 11.1. The normalized spacial score (nSPS) is 12.1. The van der Waals surface area contributed by atoms with E-state index in [2.05, 4.69) is 19.6 Å². The van der Waals surface area contributed by atoms with Gasteiger partial charge >= 0.3 is 6.09 Å². The van der Waals surface area contributed by atoms with Crippen LogP contribution < -0.4 is 0 Å². The highest BCUT2D eigenvalue weighted by Crippen LogP contribution is 2.09. The van der Waals surface area contributed by atoms with Crippen LogP contribution in [0.1, 0.15) is 27.7 Å². The van der Waals surface area contributed by atoms with Gasteiger partial charge < -0.3 is 9.64 Å². The number of carbonyl (C=O) groups is 1. The van der Waals surface area contributed by atoms with Crippen molar-refractivity contribution in [1.82, 2.24) is 4.90 Å². The first-order valence-corrected chi connectivity index (χ1v) is 9.31. The fourth-order valence-electron chi connectivity index (χ4n) is 1.37. The molecule has 0 aliphatic carbocycles. The highest BCUT2D eigenvalue weighted by Gasteiger charge is 2.24. The molecule has 0 atom stereocenters. The van der Waals surface area contributed by atoms with Gasteiger partial charge in [0.25, 0.3) is 0 Å². The maximum atomic E-state index is 11.8. The fourth-order valence-corrected chi connectivity index (χ4v) is 1.93. The van der Waals surface area contributed by atoms with Crippen LogP contribution in [0.25, 0.3) is 0 Å². The molecule has 4 heteroatoms. The number of hydrogen-bond donors (Lipinski definition) is 0. The van der Waals surface area contributed by atoms with E-state index in [1.165, 1.54) is 0 Å². The molecule has 90 valence electrons. The first-order valence-electron chi connectivity index (χ1n) is 5.60. The molecule has 0 N–H and O–H groups in total. The Hall–Kier alpha value is -0.513. The first-order chi connectivity index (χ1) is 6.65. The zero-order valence-electron chi connectivity index (χ0n) is 11.1. The van der Waals surface area contributed by atoms with Gasteiger partial charge in [0, 0.05) is 12.1 Å². The van der Waals surface area contributed by atoms with Gasteiger partial charge in [-0.25, -0.2) is 4.79 Å². The number of hydrogen-bond acceptors (Lipinski definition) is 2. The molecule has 0 heterocycles. The summed E-state index contributed by atoms with van der Waals surface area (Å²) in [4.78, 5) is 13.6. The number of nitrogens with zero attached hydrogens (tertiary/aromatic N) is 1. The predicted molar refractivity (Wildman–Crippen MR) is 66.8 cm³/mol. The van der Waals surface area contributed by atoms with Crippen molar-refractivity contribution >= 4 is 14.2 Å². The zero-order chi connectivity index (χ0) is 12.2. The Kier molecular flexibility index (Phi) is 5.35. The minimum Gasteiger partial charge on any atom is -0.453 e. The van der Waals surface area contributed by atoms with Gasteiger partial charge in [-0.05, 0) is 27.7 Å². The second kappa shape index (κ2) is 5.54. The molecule has 0 spiro atoms. The standard InChI is InChI=1S/C11H25NO2Si/c1-9(2)12(10(3)4)11(13)14-8-15(5,6)7/h9-10H,8H2,1-7H3. The van der Waals surface area contributed by atoms with Gasteiger partial charge in [0.1, 0.15) is 0 Å². The van der Waals surface area contributed by atoms with Crippen LogP contribution in [0.4, 0.5) is 4.79 Å². The van der Waals surface area contributed by atoms with Gasteiger partial charge in [-0.2, -0.15) is 0 Å². The van der Waals surface area contributed by atoms with E-state index in [-0.39, 0.29) is 18.2 Å². The maximum absolute atomic E-state index is 11.8. The Labute approximate surface area is 94.8 Å². The van der Waals surface area contributed by atoms with Crippen molar-refractivity contribution in [1.29, 1.82) is 0 Å². The summed E-state index contributed by atoms with van der Waals surface area (Å²) in [5.74, 6) is 0. The van der Waals surface area contributed by atoms with Crippen LogP contribution in [0.2, 0.25) is 19.6 Å². The molecule has 3 nitrogen and oxygen atoms in total. The van der Waals surface area contributed by atoms with Crippen LogP contribution in [0.5, 0.6) is 0 Å². The molecule has 0 aliphatic heterocycles. The number of ether oxygens (including phenoxy) is 1. The molecule has 0 bridgehead atoms. The van der Waals surface area contributed by atoms with E-state index in [1.807, 2.05) is 27.7 Å². The van der Waals surface area contributed by atoms with Gasteiger partial charge in [-0.1, -0.05) is 19.6 Å². The zero-order valence-corrected chi connectivity index (χ0v) is 12.1. The Morgan fingerprint density at radius 2 is 1.53 bits per heavy atom. The quantitative estimate of drug-likeness (QED) is 0.696. The van der Waals surface area contributed by atoms with Crippen LogP contribution in [0.3, 0.4) is 0 Å². The molecule has 0 fully saturated rings. The highest BCUT2D eigenvalue weighted by atomic mass is 28.3. The Morgan fingerprint density at radius 3 is 1.80 bits per heavy atom. The lowest BCUT2D eigenvalue weighted by Gasteiger charge is -2.30. The topological polar surface area (TPSA) is 29.5 Å². The van der Waals surface area contributed by atoms with E-state index in [1.54, 1.807) is 4.90 Å². The lowest BCUT2D eigenvalue weighted by Crippen LogP contribution is -2.44. The van der Waals surface area contributed by atoms with E-state index in [9.17, 15) is 4.79 Å². The number of carbonyl (C=O) groups excluding carboxylic acids is 1. The summed E-state index contributed by atoms with van der Waals surface area (Å²) >= 11 is 0. The summed E-state index contributed by atoms with van der Waals surface area (Å²) in [7, 11) is -1.31. The summed E-state index contributed by atoms with van der Waals surface area (Å²) in [5.41, 5.74) is 0. The molecule has 0 aromatic heterocycles. The average molecular weight is 231 g/mol. The van der Waals surface area contributed by atoms with Gasteiger partial charge in [0.05, 0.1) is 14.3 Å². The van der Waals surface area contributed by atoms with Gasteiger partial charge in [-0.15, -0.1) is 0 Å². The summed E-state index contributed by atoms with van der Waals surface area (Å²) in [5, 5.41) is 0. The minimum atomic E-state index is -1.31. The third-order valence-electron chi connectivity index (χ3n) is 1.95. The van der Waals surface area contributed by atoms with Gasteiger partial charge in [0.2, 0.25) is 0 Å². The fraction of sp³-hybridized carbons (Fsp3) is 0.909. The number of rotatable bonds is 4. The van der Waals surface area contributed by atoms with Crippen molar-refractivity contribution in [3.8, 4) is 0 Å². The Balaban J connectivity index is 4.29. The molecular weight excluding hydrogens is 206 g/mol. The molecular formula is C11H25NO2Si. The van der Waals surface area contributed by atoms with Crippen LogP contribution >= 0.6 is 0 Å². The van der Waals surface area contributed by atoms with Crippen molar-refractivity contribution < 1.29 is 9.53 Å². The Morgan fingerprint density at radius 1 is 1.13 bits per heavy atom. The summed E-state index contributed by atoms with van der Waals surface area (Å²) in [6.45, 7) is 14.6. The second-order valence-electron chi connectivity index (χ2n) is 5.71. The Bertz CT molecular complexity index is 201. The third-order valence-corrected chi connectivity index (χ3v) is 2.96. The minimum absolute atomic E-state index is 0.178. The van der Waals surface area contributed by atoms with E-state index >= 15 is 0 Å². The summed E-state index contributed by atoms with van der Waals surface area (Å²) in [6, 6.07) is 0.387. The average Bonchev–Trinajstić information content (AvgIpc) is 1.97. The van der Waals surface area contributed by atoms with E-state index in [4.69, 9.17) is 4.74 Å².